The summed E-state index contributed by atoms with van der Waals surface area (Å²) in [5, 5.41) is 3.14. The van der Waals surface area contributed by atoms with Gasteiger partial charge in [-0.25, -0.2) is 0 Å². The average molecular weight is 583 g/mol. The van der Waals surface area contributed by atoms with Crippen LogP contribution in [0.5, 0.6) is 0 Å². The van der Waals surface area contributed by atoms with Gasteiger partial charge >= 0.3 is 5.97 Å². The summed E-state index contributed by atoms with van der Waals surface area (Å²) in [6, 6.07) is 4.54. The molecule has 1 aliphatic heterocycles. The minimum Gasteiger partial charge on any atom is -0.454 e. The van der Waals surface area contributed by atoms with Crippen molar-refractivity contribution >= 4 is 84.4 Å². The molecule has 4 rings (SSSR count). The van der Waals surface area contributed by atoms with Crippen LogP contribution in [0.4, 0.5) is 5.69 Å². The van der Waals surface area contributed by atoms with E-state index in [1.165, 1.54) is 12.1 Å². The molecule has 160 valence electrons. The zero-order valence-corrected chi connectivity index (χ0v) is 20.0. The number of esters is 1. The van der Waals surface area contributed by atoms with Gasteiger partial charge in [0.1, 0.15) is 6.54 Å². The second-order valence-electron chi connectivity index (χ2n) is 7.60. The van der Waals surface area contributed by atoms with Gasteiger partial charge in [-0.2, -0.15) is 0 Å². The summed E-state index contributed by atoms with van der Waals surface area (Å²) in [5.41, 5.74) is 0.396. The number of alkyl halides is 2. The Morgan fingerprint density at radius 2 is 1.67 bits per heavy atom. The van der Waals surface area contributed by atoms with Crippen LogP contribution in [0.3, 0.4) is 0 Å². The van der Waals surface area contributed by atoms with Crippen LogP contribution in [0, 0.1) is 23.7 Å². The monoisotopic (exact) mass is 580 g/mol. The number of hydrogen-bond donors (Lipinski definition) is 1. The number of halogens is 4. The Hall–Kier alpha value is -1.16. The second-order valence-corrected chi connectivity index (χ2v) is 10.5. The predicted molar refractivity (Wildman–Crippen MR) is 117 cm³/mol. The fourth-order valence-electron chi connectivity index (χ4n) is 4.66. The van der Waals surface area contributed by atoms with Gasteiger partial charge in [0, 0.05) is 15.3 Å². The zero-order valence-electron chi connectivity index (χ0n) is 15.3. The summed E-state index contributed by atoms with van der Waals surface area (Å²) in [5.74, 6) is -2.73. The Morgan fingerprint density at radius 1 is 1.07 bits per heavy atom. The van der Waals surface area contributed by atoms with Gasteiger partial charge in [0.15, 0.2) is 6.61 Å². The van der Waals surface area contributed by atoms with Gasteiger partial charge in [0.2, 0.25) is 11.8 Å². The number of carbonyl (C=O) groups excluding carboxylic acids is 4. The molecule has 6 atom stereocenters. The molecule has 3 amide bonds. The number of ether oxygens (including phenoxy) is 1. The number of amides is 3. The minimum atomic E-state index is -0.820. The van der Waals surface area contributed by atoms with Crippen LogP contribution >= 0.6 is 55.1 Å². The van der Waals surface area contributed by atoms with Crippen molar-refractivity contribution in [2.75, 3.05) is 18.5 Å². The standard InChI is InChI=1S/C19H16Br2Cl2N2O5/c20-16-8-4-9(17(16)21)15-14(8)18(28)25(19(15)29)5-13(27)30-6-12(26)24-7-1-2-10(22)11(23)3-7/h1-3,8-9,14-17H,4-6H2,(H,24,26)/t8-,9-,14-,15+,16+,17+/m1/s1. The minimum absolute atomic E-state index is 0.0684. The van der Waals surface area contributed by atoms with Crippen LogP contribution in [0.2, 0.25) is 10.0 Å². The lowest BCUT2D eigenvalue weighted by molar-refractivity contribution is -0.154. The number of likely N-dealkylation sites (tertiary alicyclic amines) is 1. The number of nitrogens with zero attached hydrogens (tertiary/aromatic N) is 1. The highest BCUT2D eigenvalue weighted by atomic mass is 79.9. The lowest BCUT2D eigenvalue weighted by Gasteiger charge is -2.28. The van der Waals surface area contributed by atoms with E-state index >= 15 is 0 Å². The smallest absolute Gasteiger partial charge is 0.326 e. The molecule has 2 saturated carbocycles. The van der Waals surface area contributed by atoms with Crippen molar-refractivity contribution in [1.29, 1.82) is 0 Å². The molecule has 3 fully saturated rings. The molecule has 1 aromatic carbocycles. The topological polar surface area (TPSA) is 92.8 Å². The van der Waals surface area contributed by atoms with Gasteiger partial charge < -0.3 is 10.1 Å². The quantitative estimate of drug-likeness (QED) is 0.327. The molecule has 2 aliphatic carbocycles. The van der Waals surface area contributed by atoms with E-state index in [0.29, 0.717) is 10.7 Å². The normalized spacial score (nSPS) is 31.8. The Labute approximate surface area is 199 Å². The number of carbonyl (C=O) groups is 4. The highest BCUT2D eigenvalue weighted by Gasteiger charge is 2.66. The van der Waals surface area contributed by atoms with E-state index in [9.17, 15) is 19.2 Å². The first kappa shape index (κ1) is 22.0. The third-order valence-corrected chi connectivity index (χ3v) is 9.88. The molecule has 1 saturated heterocycles. The number of nitrogens with one attached hydrogen (secondary N) is 1. The largest absolute Gasteiger partial charge is 0.454 e. The molecule has 1 heterocycles. The van der Waals surface area contributed by atoms with Crippen molar-refractivity contribution in [3.8, 4) is 0 Å². The maximum atomic E-state index is 12.8. The fourth-order valence-corrected chi connectivity index (χ4v) is 6.83. The first-order chi connectivity index (χ1) is 14.2. The van der Waals surface area contributed by atoms with Gasteiger partial charge in [-0.1, -0.05) is 55.1 Å². The van der Waals surface area contributed by atoms with Crippen molar-refractivity contribution < 1.29 is 23.9 Å². The summed E-state index contributed by atoms with van der Waals surface area (Å²) >= 11 is 18.9. The first-order valence-electron chi connectivity index (χ1n) is 9.23. The van der Waals surface area contributed by atoms with E-state index < -0.39 is 36.9 Å². The van der Waals surface area contributed by atoms with Crippen LogP contribution in [-0.4, -0.2) is 51.4 Å². The summed E-state index contributed by atoms with van der Waals surface area (Å²) in [7, 11) is 0. The molecule has 0 spiro atoms. The Balaban J connectivity index is 1.31. The number of rotatable bonds is 5. The summed E-state index contributed by atoms with van der Waals surface area (Å²) in [6.45, 7) is -1.05. The molecular formula is C19H16Br2Cl2N2O5. The maximum Gasteiger partial charge on any atom is 0.326 e. The van der Waals surface area contributed by atoms with Crippen LogP contribution in [0.15, 0.2) is 18.2 Å². The lowest BCUT2D eigenvalue weighted by Crippen LogP contribution is -2.38. The summed E-state index contributed by atoms with van der Waals surface area (Å²) in [6.07, 6.45) is 0.811. The van der Waals surface area contributed by atoms with Gasteiger partial charge in [-0.15, -0.1) is 0 Å². The Bertz CT molecular complexity index is 913. The van der Waals surface area contributed by atoms with Crippen LogP contribution in [-0.2, 0) is 23.9 Å². The highest BCUT2D eigenvalue weighted by Crippen LogP contribution is 2.60. The molecule has 2 bridgehead atoms. The van der Waals surface area contributed by atoms with Crippen molar-refractivity contribution in [3.63, 3.8) is 0 Å². The van der Waals surface area contributed by atoms with Crippen LogP contribution in [0.1, 0.15) is 6.42 Å². The summed E-state index contributed by atoms with van der Waals surface area (Å²) in [4.78, 5) is 50.9. The van der Waals surface area contributed by atoms with E-state index in [2.05, 4.69) is 37.2 Å². The molecule has 1 aromatic rings. The van der Waals surface area contributed by atoms with E-state index in [0.717, 1.165) is 11.3 Å². The third kappa shape index (κ3) is 3.78. The van der Waals surface area contributed by atoms with Crippen molar-refractivity contribution in [2.45, 2.75) is 16.1 Å². The van der Waals surface area contributed by atoms with Gasteiger partial charge in [-0.3, -0.25) is 24.1 Å². The molecule has 0 aromatic heterocycles. The van der Waals surface area contributed by atoms with Gasteiger partial charge in [-0.05, 0) is 36.5 Å². The van der Waals surface area contributed by atoms with E-state index in [1.807, 2.05) is 0 Å². The van der Waals surface area contributed by atoms with E-state index in [1.54, 1.807) is 6.07 Å². The number of anilines is 1. The van der Waals surface area contributed by atoms with Gasteiger partial charge in [0.25, 0.3) is 5.91 Å². The first-order valence-corrected chi connectivity index (χ1v) is 11.8. The molecular weight excluding hydrogens is 567 g/mol. The molecule has 3 aliphatic rings. The Kier molecular flexibility index (Phi) is 6.18. The van der Waals surface area contributed by atoms with Crippen LogP contribution in [0.25, 0.3) is 0 Å². The second kappa shape index (κ2) is 8.41. The summed E-state index contributed by atoms with van der Waals surface area (Å²) < 4.78 is 4.95. The van der Waals surface area contributed by atoms with Crippen molar-refractivity contribution in [1.82, 2.24) is 4.90 Å². The maximum absolute atomic E-state index is 12.8. The van der Waals surface area contributed by atoms with E-state index in [-0.39, 0.29) is 38.3 Å². The van der Waals surface area contributed by atoms with Crippen LogP contribution < -0.4 is 5.32 Å². The van der Waals surface area contributed by atoms with Crippen molar-refractivity contribution in [3.05, 3.63) is 28.2 Å². The average Bonchev–Trinajstić information content (AvgIpc) is 3.30. The molecule has 7 nitrogen and oxygen atoms in total. The molecule has 0 radical (unpaired) electrons. The molecule has 1 N–H and O–H groups in total. The number of imide groups is 1. The molecule has 30 heavy (non-hydrogen) atoms. The molecule has 11 heteroatoms. The Morgan fingerprint density at radius 3 is 2.23 bits per heavy atom. The van der Waals surface area contributed by atoms with Crippen molar-refractivity contribution in [2.24, 2.45) is 23.7 Å². The number of hydrogen-bond acceptors (Lipinski definition) is 5. The fraction of sp³-hybridized carbons (Fsp3) is 0.474. The van der Waals surface area contributed by atoms with Gasteiger partial charge in [0.05, 0.1) is 21.9 Å². The SMILES string of the molecule is O=C(COC(=O)CN1C(=O)[C@@H]2[C@H]3C[C@@H]([C@H](Br)[C@H]3Br)[C@@H]2C1=O)Nc1ccc(Cl)c(Cl)c1. The zero-order chi connectivity index (χ0) is 21.7. The number of fused-ring (bicyclic) bond motifs is 5. The highest BCUT2D eigenvalue weighted by molar-refractivity contribution is 9.12. The predicted octanol–water partition coefficient (Wildman–Crippen LogP) is 3.25. The lowest BCUT2D eigenvalue weighted by atomic mass is 9.81. The van der Waals surface area contributed by atoms with E-state index in [4.69, 9.17) is 27.9 Å². The molecule has 0 unspecified atom stereocenters. The number of benzene rings is 1. The third-order valence-electron chi connectivity index (χ3n) is 5.93.